The maximum absolute atomic E-state index is 12.5. The molecule has 2 aromatic carbocycles. The predicted octanol–water partition coefficient (Wildman–Crippen LogP) is 3.87. The van der Waals surface area contributed by atoms with Crippen molar-refractivity contribution in [1.82, 2.24) is 0 Å². The number of hydrogen-bond acceptors (Lipinski definition) is 3. The van der Waals surface area contributed by atoms with Crippen LogP contribution in [0.15, 0.2) is 54.6 Å². The minimum atomic E-state index is -1.03. The first-order chi connectivity index (χ1) is 12.3. The Morgan fingerprint density at radius 1 is 1.04 bits per heavy atom. The first kappa shape index (κ1) is 19.5. The number of aliphatic carboxylic acids is 1. The molecular weight excluding hydrogens is 330 g/mol. The van der Waals surface area contributed by atoms with Gasteiger partial charge < -0.3 is 14.7 Å². The fourth-order valence-electron chi connectivity index (χ4n) is 2.68. The van der Waals surface area contributed by atoms with Crippen molar-refractivity contribution < 1.29 is 19.4 Å². The van der Waals surface area contributed by atoms with Gasteiger partial charge in [-0.25, -0.2) is 4.79 Å². The second-order valence-electron chi connectivity index (χ2n) is 6.88. The molecule has 0 aliphatic rings. The summed E-state index contributed by atoms with van der Waals surface area (Å²) >= 11 is 0. The lowest BCUT2D eigenvalue weighted by atomic mass is 9.80. The summed E-state index contributed by atoms with van der Waals surface area (Å²) in [5.41, 5.74) is 1.89. The minimum Gasteiger partial charge on any atom is -0.482 e. The average molecular weight is 355 g/mol. The highest BCUT2D eigenvalue weighted by Crippen LogP contribution is 2.29. The van der Waals surface area contributed by atoms with Crippen molar-refractivity contribution in [1.29, 1.82) is 0 Å². The maximum Gasteiger partial charge on any atom is 0.341 e. The number of benzene rings is 2. The third-order valence-electron chi connectivity index (χ3n) is 4.48. The van der Waals surface area contributed by atoms with Crippen LogP contribution in [0.2, 0.25) is 0 Å². The second-order valence-corrected chi connectivity index (χ2v) is 6.88. The summed E-state index contributed by atoms with van der Waals surface area (Å²) in [5.74, 6) is -0.530. The summed E-state index contributed by atoms with van der Waals surface area (Å²) in [6.07, 6.45) is 1.19. The van der Waals surface area contributed by atoms with E-state index in [9.17, 15) is 9.59 Å². The lowest BCUT2D eigenvalue weighted by Crippen LogP contribution is -2.28. The van der Waals surface area contributed by atoms with Gasteiger partial charge in [-0.05, 0) is 41.7 Å². The van der Waals surface area contributed by atoms with Crippen LogP contribution < -0.4 is 9.64 Å². The molecule has 5 heteroatoms. The molecule has 0 radical (unpaired) electrons. The van der Waals surface area contributed by atoms with E-state index < -0.39 is 5.97 Å². The molecule has 1 amide bonds. The standard InChI is InChI=1S/C21H25NO4/c1-21(2,16-7-5-4-6-8-16)14-13-19(23)22(3)17-9-11-18(12-10-17)26-15-20(24)25/h4-12H,13-15H2,1-3H3,(H,24,25). The molecule has 0 saturated heterocycles. The summed E-state index contributed by atoms with van der Waals surface area (Å²) in [5, 5.41) is 8.62. The van der Waals surface area contributed by atoms with Crippen molar-refractivity contribution in [3.8, 4) is 5.75 Å². The molecule has 0 aliphatic heterocycles. The van der Waals surface area contributed by atoms with Gasteiger partial charge in [0.2, 0.25) is 5.91 Å². The van der Waals surface area contributed by atoms with Gasteiger partial charge in [-0.1, -0.05) is 44.2 Å². The van der Waals surface area contributed by atoms with Crippen LogP contribution in [0.1, 0.15) is 32.3 Å². The van der Waals surface area contributed by atoms with E-state index in [4.69, 9.17) is 9.84 Å². The number of ether oxygens (including phenoxy) is 1. The molecule has 2 aromatic rings. The number of carboxylic acid groups (broad SMARTS) is 1. The number of rotatable bonds is 8. The Hall–Kier alpha value is -2.82. The Kier molecular flexibility index (Phi) is 6.39. The van der Waals surface area contributed by atoms with Crippen LogP contribution in [-0.4, -0.2) is 30.6 Å². The molecule has 0 saturated carbocycles. The van der Waals surface area contributed by atoms with Gasteiger partial charge in [0.1, 0.15) is 5.75 Å². The highest BCUT2D eigenvalue weighted by atomic mass is 16.5. The van der Waals surface area contributed by atoms with E-state index in [1.54, 1.807) is 36.2 Å². The number of hydrogen-bond donors (Lipinski definition) is 1. The van der Waals surface area contributed by atoms with Crippen LogP contribution in [-0.2, 0) is 15.0 Å². The number of amides is 1. The zero-order valence-corrected chi connectivity index (χ0v) is 15.4. The Labute approximate surface area is 154 Å². The number of carboxylic acids is 1. The summed E-state index contributed by atoms with van der Waals surface area (Å²) in [6.45, 7) is 3.90. The van der Waals surface area contributed by atoms with Crippen molar-refractivity contribution in [3.63, 3.8) is 0 Å². The van der Waals surface area contributed by atoms with Gasteiger partial charge in [0.25, 0.3) is 0 Å². The molecule has 0 unspecified atom stereocenters. The van der Waals surface area contributed by atoms with Crippen molar-refractivity contribution >= 4 is 17.6 Å². The van der Waals surface area contributed by atoms with Crippen LogP contribution in [0.25, 0.3) is 0 Å². The maximum atomic E-state index is 12.5. The molecular formula is C21H25NO4. The third-order valence-corrected chi connectivity index (χ3v) is 4.48. The van der Waals surface area contributed by atoms with Gasteiger partial charge in [0, 0.05) is 19.2 Å². The zero-order chi connectivity index (χ0) is 19.2. The molecule has 0 spiro atoms. The van der Waals surface area contributed by atoms with Crippen molar-refractivity contribution in [2.75, 3.05) is 18.6 Å². The minimum absolute atomic E-state index is 0.0354. The molecule has 0 bridgehead atoms. The van der Waals surface area contributed by atoms with E-state index in [1.165, 1.54) is 5.56 Å². The molecule has 0 aliphatic carbocycles. The van der Waals surface area contributed by atoms with Crippen LogP contribution in [0, 0.1) is 0 Å². The molecule has 0 aromatic heterocycles. The molecule has 138 valence electrons. The van der Waals surface area contributed by atoms with E-state index >= 15 is 0 Å². The summed E-state index contributed by atoms with van der Waals surface area (Å²) in [4.78, 5) is 24.7. The van der Waals surface area contributed by atoms with E-state index in [0.29, 0.717) is 12.2 Å². The predicted molar refractivity (Wildman–Crippen MR) is 102 cm³/mol. The van der Waals surface area contributed by atoms with Gasteiger partial charge in [0.15, 0.2) is 6.61 Å². The quantitative estimate of drug-likeness (QED) is 0.780. The molecule has 0 atom stereocenters. The topological polar surface area (TPSA) is 66.8 Å². The number of anilines is 1. The van der Waals surface area contributed by atoms with Crippen LogP contribution in [0.3, 0.4) is 0 Å². The van der Waals surface area contributed by atoms with Crippen LogP contribution in [0.5, 0.6) is 5.75 Å². The zero-order valence-electron chi connectivity index (χ0n) is 15.4. The highest BCUT2D eigenvalue weighted by Gasteiger charge is 2.22. The van der Waals surface area contributed by atoms with E-state index in [2.05, 4.69) is 26.0 Å². The van der Waals surface area contributed by atoms with Crippen LogP contribution >= 0.6 is 0 Å². The Morgan fingerprint density at radius 2 is 1.65 bits per heavy atom. The molecule has 1 N–H and O–H groups in total. The Bertz CT molecular complexity index is 738. The van der Waals surface area contributed by atoms with Gasteiger partial charge in [-0.15, -0.1) is 0 Å². The monoisotopic (exact) mass is 355 g/mol. The Balaban J connectivity index is 1.93. The highest BCUT2D eigenvalue weighted by molar-refractivity contribution is 5.92. The van der Waals surface area contributed by atoms with Crippen LogP contribution in [0.4, 0.5) is 5.69 Å². The van der Waals surface area contributed by atoms with Gasteiger partial charge in [-0.2, -0.15) is 0 Å². The molecule has 5 nitrogen and oxygen atoms in total. The van der Waals surface area contributed by atoms with Gasteiger partial charge >= 0.3 is 5.97 Å². The second kappa shape index (κ2) is 8.52. The first-order valence-electron chi connectivity index (χ1n) is 8.56. The number of carbonyl (C=O) groups is 2. The van der Waals surface area contributed by atoms with E-state index in [0.717, 1.165) is 12.1 Å². The smallest absolute Gasteiger partial charge is 0.341 e. The lowest BCUT2D eigenvalue weighted by Gasteiger charge is -2.26. The van der Waals surface area contributed by atoms with Gasteiger partial charge in [-0.3, -0.25) is 4.79 Å². The van der Waals surface area contributed by atoms with Crippen molar-refractivity contribution in [2.24, 2.45) is 0 Å². The SMILES string of the molecule is CN(C(=O)CCC(C)(C)c1ccccc1)c1ccc(OCC(=O)O)cc1. The number of nitrogens with zero attached hydrogens (tertiary/aromatic N) is 1. The van der Waals surface area contributed by atoms with E-state index in [1.807, 2.05) is 18.2 Å². The lowest BCUT2D eigenvalue weighted by molar-refractivity contribution is -0.139. The van der Waals surface area contributed by atoms with Crippen molar-refractivity contribution in [3.05, 3.63) is 60.2 Å². The fourth-order valence-corrected chi connectivity index (χ4v) is 2.68. The Morgan fingerprint density at radius 3 is 2.23 bits per heavy atom. The third kappa shape index (κ3) is 5.34. The average Bonchev–Trinajstić information content (AvgIpc) is 2.65. The summed E-state index contributed by atoms with van der Waals surface area (Å²) in [7, 11) is 1.74. The summed E-state index contributed by atoms with van der Waals surface area (Å²) < 4.78 is 5.10. The normalized spacial score (nSPS) is 11.0. The molecule has 0 heterocycles. The molecule has 26 heavy (non-hydrogen) atoms. The first-order valence-corrected chi connectivity index (χ1v) is 8.56. The number of carbonyl (C=O) groups excluding carboxylic acids is 1. The van der Waals surface area contributed by atoms with Crippen molar-refractivity contribution in [2.45, 2.75) is 32.1 Å². The van der Waals surface area contributed by atoms with Gasteiger partial charge in [0.05, 0.1) is 0 Å². The molecule has 0 fully saturated rings. The molecule has 2 rings (SSSR count). The largest absolute Gasteiger partial charge is 0.482 e. The van der Waals surface area contributed by atoms with E-state index in [-0.39, 0.29) is 17.9 Å². The fraction of sp³-hybridized carbons (Fsp3) is 0.333. The summed E-state index contributed by atoms with van der Waals surface area (Å²) in [6, 6.07) is 17.0.